The number of hydrogen-bond acceptors (Lipinski definition) is 3. The van der Waals surface area contributed by atoms with Crippen molar-refractivity contribution in [2.24, 2.45) is 5.41 Å². The number of likely N-dealkylation sites (tertiary alicyclic amines) is 2. The van der Waals surface area contributed by atoms with Crippen LogP contribution in [0.1, 0.15) is 37.3 Å². The lowest BCUT2D eigenvalue weighted by atomic mass is 9.71. The van der Waals surface area contributed by atoms with Gasteiger partial charge in [-0.3, -0.25) is 9.59 Å². The average Bonchev–Trinajstić information content (AvgIpc) is 2.57. The fourth-order valence-electron chi connectivity index (χ4n) is 4.18. The van der Waals surface area contributed by atoms with Crippen molar-refractivity contribution in [3.63, 3.8) is 0 Å². The molecule has 5 nitrogen and oxygen atoms in total. The number of rotatable bonds is 2. The molecule has 1 unspecified atom stereocenters. The van der Waals surface area contributed by atoms with Crippen molar-refractivity contribution < 1.29 is 14.7 Å². The number of aliphatic hydroxyl groups excluding tert-OH is 1. The number of aryl methyl sites for hydroxylation is 1. The van der Waals surface area contributed by atoms with Crippen LogP contribution >= 0.6 is 0 Å². The average molecular weight is 344 g/mol. The summed E-state index contributed by atoms with van der Waals surface area (Å²) in [6, 6.07) is 8.10. The van der Waals surface area contributed by atoms with Crippen LogP contribution in [-0.2, 0) is 16.0 Å². The van der Waals surface area contributed by atoms with Crippen LogP contribution in [0.15, 0.2) is 24.3 Å². The van der Waals surface area contributed by atoms with E-state index in [9.17, 15) is 14.7 Å². The van der Waals surface area contributed by atoms with E-state index in [4.69, 9.17) is 0 Å². The molecule has 2 aliphatic rings. The molecule has 3 rings (SSSR count). The van der Waals surface area contributed by atoms with E-state index in [2.05, 4.69) is 0 Å². The minimum Gasteiger partial charge on any atom is -0.391 e. The van der Waals surface area contributed by atoms with Crippen LogP contribution in [0.5, 0.6) is 0 Å². The predicted octanol–water partition coefficient (Wildman–Crippen LogP) is 1.76. The molecule has 2 fully saturated rings. The molecule has 0 radical (unpaired) electrons. The van der Waals surface area contributed by atoms with Gasteiger partial charge in [-0.2, -0.15) is 0 Å². The van der Waals surface area contributed by atoms with E-state index in [0.29, 0.717) is 32.6 Å². The summed E-state index contributed by atoms with van der Waals surface area (Å²) >= 11 is 0. The molecule has 0 aromatic heterocycles. The minimum atomic E-state index is -0.451. The molecule has 0 bridgehead atoms. The zero-order valence-electron chi connectivity index (χ0n) is 15.2. The molecule has 5 heteroatoms. The van der Waals surface area contributed by atoms with Crippen molar-refractivity contribution in [3.05, 3.63) is 35.4 Å². The van der Waals surface area contributed by atoms with Crippen molar-refractivity contribution in [1.82, 2.24) is 9.80 Å². The van der Waals surface area contributed by atoms with Gasteiger partial charge in [0.2, 0.25) is 11.8 Å². The Morgan fingerprint density at radius 1 is 1.16 bits per heavy atom. The molecule has 1 spiro atoms. The molecule has 0 aliphatic carbocycles. The number of aliphatic hydroxyl groups is 1. The van der Waals surface area contributed by atoms with Gasteiger partial charge in [0.15, 0.2) is 0 Å². The molecule has 1 atom stereocenters. The van der Waals surface area contributed by atoms with Gasteiger partial charge in [0.25, 0.3) is 0 Å². The Kier molecular flexibility index (Phi) is 5.13. The third kappa shape index (κ3) is 4.21. The Morgan fingerprint density at radius 3 is 2.40 bits per heavy atom. The molecule has 2 amide bonds. The molecule has 2 aliphatic heterocycles. The summed E-state index contributed by atoms with van der Waals surface area (Å²) in [5.41, 5.74) is 2.21. The highest BCUT2D eigenvalue weighted by atomic mass is 16.3. The van der Waals surface area contributed by atoms with Gasteiger partial charge < -0.3 is 14.9 Å². The maximum absolute atomic E-state index is 12.6. The smallest absolute Gasteiger partial charge is 0.226 e. The van der Waals surface area contributed by atoms with E-state index < -0.39 is 6.10 Å². The monoisotopic (exact) mass is 344 g/mol. The first-order chi connectivity index (χ1) is 11.9. The first kappa shape index (κ1) is 17.9. The largest absolute Gasteiger partial charge is 0.391 e. The van der Waals surface area contributed by atoms with E-state index in [0.717, 1.165) is 24.8 Å². The SMILES string of the molecule is CC(=O)N1CC(O)CC2(CCN(C(=O)Cc3ccc(C)cc3)CC2)C1. The molecule has 136 valence electrons. The summed E-state index contributed by atoms with van der Waals surface area (Å²) < 4.78 is 0. The lowest BCUT2D eigenvalue weighted by Crippen LogP contribution is -2.55. The van der Waals surface area contributed by atoms with E-state index >= 15 is 0 Å². The van der Waals surface area contributed by atoms with Crippen LogP contribution in [0.2, 0.25) is 0 Å². The quantitative estimate of drug-likeness (QED) is 0.889. The number of carbonyl (C=O) groups is 2. The second kappa shape index (κ2) is 7.16. The van der Waals surface area contributed by atoms with Crippen LogP contribution in [0.3, 0.4) is 0 Å². The van der Waals surface area contributed by atoms with Crippen LogP contribution < -0.4 is 0 Å². The van der Waals surface area contributed by atoms with Crippen molar-refractivity contribution in [3.8, 4) is 0 Å². The standard InChI is InChI=1S/C20H28N2O3/c1-15-3-5-17(6-4-15)11-19(25)21-9-7-20(8-10-21)12-18(24)13-22(14-20)16(2)23/h3-6,18,24H,7-14H2,1-2H3. The number of hydrogen-bond donors (Lipinski definition) is 1. The molecule has 0 saturated carbocycles. The molecule has 1 aromatic rings. The van der Waals surface area contributed by atoms with Gasteiger partial charge in [0.05, 0.1) is 12.5 Å². The number of benzene rings is 1. The molecule has 1 aromatic carbocycles. The summed E-state index contributed by atoms with van der Waals surface area (Å²) in [7, 11) is 0. The van der Waals surface area contributed by atoms with Crippen LogP contribution in [0, 0.1) is 12.3 Å². The first-order valence-electron chi connectivity index (χ1n) is 9.14. The summed E-state index contributed by atoms with van der Waals surface area (Å²) in [5, 5.41) is 10.2. The summed E-state index contributed by atoms with van der Waals surface area (Å²) in [6.07, 6.45) is 2.43. The van der Waals surface area contributed by atoms with Gasteiger partial charge in [-0.25, -0.2) is 0 Å². The third-order valence-corrected chi connectivity index (χ3v) is 5.72. The Hall–Kier alpha value is -1.88. The molecular formula is C20H28N2O3. The van der Waals surface area contributed by atoms with Gasteiger partial charge in [-0.1, -0.05) is 29.8 Å². The maximum atomic E-state index is 12.6. The van der Waals surface area contributed by atoms with Gasteiger partial charge in [-0.05, 0) is 37.2 Å². The zero-order valence-corrected chi connectivity index (χ0v) is 15.2. The van der Waals surface area contributed by atoms with Crippen LogP contribution in [-0.4, -0.2) is 59.0 Å². The lowest BCUT2D eigenvalue weighted by Gasteiger charge is -2.49. The second-order valence-corrected chi connectivity index (χ2v) is 7.80. The zero-order chi connectivity index (χ0) is 18.0. The number of carbonyl (C=O) groups excluding carboxylic acids is 2. The lowest BCUT2D eigenvalue weighted by molar-refractivity contribution is -0.141. The van der Waals surface area contributed by atoms with Crippen LogP contribution in [0.4, 0.5) is 0 Å². The Balaban J connectivity index is 1.58. The fraction of sp³-hybridized carbons (Fsp3) is 0.600. The Labute approximate surface area is 149 Å². The van der Waals surface area contributed by atoms with Crippen molar-refractivity contribution in [2.45, 2.75) is 45.6 Å². The van der Waals surface area contributed by atoms with Gasteiger partial charge in [0, 0.05) is 33.1 Å². The maximum Gasteiger partial charge on any atom is 0.226 e. The van der Waals surface area contributed by atoms with Crippen molar-refractivity contribution >= 4 is 11.8 Å². The molecule has 2 heterocycles. The number of β-amino-alcohol motifs (C(OH)–C–C–N with tert-alkyl or cyclic N) is 1. The molecule has 2 saturated heterocycles. The molecule has 25 heavy (non-hydrogen) atoms. The summed E-state index contributed by atoms with van der Waals surface area (Å²) in [5.74, 6) is 0.189. The van der Waals surface area contributed by atoms with Gasteiger partial charge >= 0.3 is 0 Å². The van der Waals surface area contributed by atoms with Gasteiger partial charge in [-0.15, -0.1) is 0 Å². The van der Waals surface area contributed by atoms with E-state index in [1.165, 1.54) is 5.56 Å². The highest BCUT2D eigenvalue weighted by molar-refractivity contribution is 5.79. The minimum absolute atomic E-state index is 0.0241. The first-order valence-corrected chi connectivity index (χ1v) is 9.14. The highest BCUT2D eigenvalue weighted by Gasteiger charge is 2.42. The molecule has 1 N–H and O–H groups in total. The van der Waals surface area contributed by atoms with Crippen molar-refractivity contribution in [1.29, 1.82) is 0 Å². The fourth-order valence-corrected chi connectivity index (χ4v) is 4.18. The van der Waals surface area contributed by atoms with Crippen molar-refractivity contribution in [2.75, 3.05) is 26.2 Å². The predicted molar refractivity (Wildman–Crippen MR) is 96.0 cm³/mol. The van der Waals surface area contributed by atoms with Crippen LogP contribution in [0.25, 0.3) is 0 Å². The number of nitrogens with zero attached hydrogens (tertiary/aromatic N) is 2. The second-order valence-electron chi connectivity index (χ2n) is 7.80. The molecular weight excluding hydrogens is 316 g/mol. The number of amides is 2. The Morgan fingerprint density at radius 2 is 1.80 bits per heavy atom. The van der Waals surface area contributed by atoms with E-state index in [-0.39, 0.29) is 17.2 Å². The summed E-state index contributed by atoms with van der Waals surface area (Å²) in [4.78, 5) is 28.0. The Bertz CT molecular complexity index is 633. The topological polar surface area (TPSA) is 60.9 Å². The van der Waals surface area contributed by atoms with E-state index in [1.54, 1.807) is 11.8 Å². The van der Waals surface area contributed by atoms with E-state index in [1.807, 2.05) is 36.1 Å². The third-order valence-electron chi connectivity index (χ3n) is 5.72. The number of piperidine rings is 2. The van der Waals surface area contributed by atoms with Gasteiger partial charge in [0.1, 0.15) is 0 Å². The summed E-state index contributed by atoms with van der Waals surface area (Å²) in [6.45, 7) is 6.17. The highest BCUT2D eigenvalue weighted by Crippen LogP contribution is 2.40. The normalized spacial score (nSPS) is 22.9.